The average Bonchev–Trinajstić information content (AvgIpc) is 2.85. The molecule has 2 N–H and O–H groups in total. The Kier molecular flexibility index (Phi) is 18.7. The predicted octanol–water partition coefficient (Wildman–Crippen LogP) is 3.80. The van der Waals surface area contributed by atoms with Gasteiger partial charge in [0.25, 0.3) is 0 Å². The summed E-state index contributed by atoms with van der Waals surface area (Å²) in [6.07, 6.45) is 9.70. The fourth-order valence-corrected chi connectivity index (χ4v) is 5.45. The Bertz CT molecular complexity index is 764. The summed E-state index contributed by atoms with van der Waals surface area (Å²) in [6, 6.07) is 0. The third-order valence-electron chi connectivity index (χ3n) is 8.56. The molecule has 0 aliphatic heterocycles. The first kappa shape index (κ1) is 40.3. The minimum absolute atomic E-state index is 0.0345. The molecule has 0 rings (SSSR count). The Balaban J connectivity index is 4.04. The summed E-state index contributed by atoms with van der Waals surface area (Å²) >= 11 is 0. The molecule has 0 heterocycles. The summed E-state index contributed by atoms with van der Waals surface area (Å²) in [5.74, 6) is -0.0690. The highest BCUT2D eigenvalue weighted by Gasteiger charge is 2.21. The first-order chi connectivity index (χ1) is 19.3. The van der Waals surface area contributed by atoms with Crippen molar-refractivity contribution in [2.75, 3.05) is 122 Å². The lowest BCUT2D eigenvalue weighted by atomic mass is 10.1. The van der Waals surface area contributed by atoms with Gasteiger partial charge in [-0.05, 0) is 39.5 Å². The van der Waals surface area contributed by atoms with Crippen LogP contribution in [-0.2, 0) is 9.59 Å². The molecule has 0 aromatic rings. The topological polar surface area (TPSA) is 58.2 Å². The van der Waals surface area contributed by atoms with Crippen molar-refractivity contribution in [2.45, 2.75) is 65.2 Å². The molecular weight excluding hydrogens is 524 g/mol. The van der Waals surface area contributed by atoms with Gasteiger partial charge in [-0.25, -0.2) is 0 Å². The molecule has 0 saturated carbocycles. The number of carbonyl (C=O) groups is 2. The first-order valence-electron chi connectivity index (χ1n) is 16.4. The molecule has 8 heteroatoms. The zero-order valence-corrected chi connectivity index (χ0v) is 29.7. The maximum Gasteiger partial charge on any atom is 0.246 e. The van der Waals surface area contributed by atoms with E-state index < -0.39 is 0 Å². The van der Waals surface area contributed by atoms with Crippen LogP contribution in [0.2, 0.25) is 0 Å². The van der Waals surface area contributed by atoms with Gasteiger partial charge < -0.3 is 28.6 Å². The standard InChI is InChI=1S/C34H70N6O2/c1-31(2)33(41)35-21-17-25-39(9,10)29-19-27-37(5,6)23-15-13-14-16-24-38(7,8)28-20-30-40(11,12)26-18-22-36-34(42)32(3)4/h1,3,13-30H2,2,4-12H3/q+2/p+2. The van der Waals surface area contributed by atoms with Crippen LogP contribution in [0.1, 0.15) is 65.2 Å². The van der Waals surface area contributed by atoms with Gasteiger partial charge in [0.2, 0.25) is 11.8 Å². The third-order valence-corrected chi connectivity index (χ3v) is 8.56. The molecule has 0 aliphatic rings. The maximum absolute atomic E-state index is 11.6. The molecule has 0 spiro atoms. The molecule has 0 saturated heterocycles. The summed E-state index contributed by atoms with van der Waals surface area (Å²) in [5.41, 5.74) is 1.15. The molecule has 246 valence electrons. The van der Waals surface area contributed by atoms with Gasteiger partial charge in [0.1, 0.15) is 0 Å². The lowest BCUT2D eigenvalue weighted by molar-refractivity contribution is -0.909. The van der Waals surface area contributed by atoms with Crippen LogP contribution in [0.25, 0.3) is 0 Å². The van der Waals surface area contributed by atoms with Crippen LogP contribution < -0.4 is 10.6 Å². The van der Waals surface area contributed by atoms with Crippen molar-refractivity contribution in [1.82, 2.24) is 10.6 Å². The van der Waals surface area contributed by atoms with Crippen LogP contribution >= 0.6 is 0 Å². The van der Waals surface area contributed by atoms with Crippen molar-refractivity contribution < 1.29 is 27.5 Å². The zero-order chi connectivity index (χ0) is 32.5. The minimum atomic E-state index is -0.0345. The quantitative estimate of drug-likeness (QED) is 0.0957. The van der Waals surface area contributed by atoms with E-state index in [1.165, 1.54) is 77.8 Å². The van der Waals surface area contributed by atoms with Crippen LogP contribution in [0, 0.1) is 0 Å². The van der Waals surface area contributed by atoms with Crippen LogP contribution in [0.5, 0.6) is 0 Å². The second-order valence-corrected chi connectivity index (χ2v) is 15.4. The van der Waals surface area contributed by atoms with Crippen LogP contribution in [0.15, 0.2) is 24.3 Å². The van der Waals surface area contributed by atoms with Gasteiger partial charge in [-0.3, -0.25) is 9.59 Å². The number of nitrogens with zero attached hydrogens (tertiary/aromatic N) is 4. The van der Waals surface area contributed by atoms with E-state index in [4.69, 9.17) is 0 Å². The highest BCUT2D eigenvalue weighted by Crippen LogP contribution is 2.12. The van der Waals surface area contributed by atoms with E-state index in [1.54, 1.807) is 13.8 Å². The predicted molar refractivity (Wildman–Crippen MR) is 180 cm³/mol. The summed E-state index contributed by atoms with van der Waals surface area (Å²) < 4.78 is 4.21. The van der Waals surface area contributed by atoms with Crippen molar-refractivity contribution >= 4 is 11.8 Å². The fourth-order valence-electron chi connectivity index (χ4n) is 5.45. The number of carbonyl (C=O) groups excluding carboxylic acids is 2. The van der Waals surface area contributed by atoms with Gasteiger partial charge in [0.15, 0.2) is 0 Å². The van der Waals surface area contributed by atoms with E-state index in [-0.39, 0.29) is 11.8 Å². The van der Waals surface area contributed by atoms with Crippen molar-refractivity contribution in [3.63, 3.8) is 0 Å². The zero-order valence-electron chi connectivity index (χ0n) is 29.7. The van der Waals surface area contributed by atoms with Crippen LogP contribution in [0.4, 0.5) is 0 Å². The third kappa shape index (κ3) is 21.9. The van der Waals surface area contributed by atoms with Gasteiger partial charge in [-0.15, -0.1) is 0 Å². The number of hydrogen-bond acceptors (Lipinski definition) is 2. The van der Waals surface area contributed by atoms with Gasteiger partial charge in [0, 0.05) is 49.9 Å². The maximum atomic E-state index is 11.6. The molecule has 0 radical (unpaired) electrons. The monoisotopic (exact) mass is 597 g/mol. The van der Waals surface area contributed by atoms with Crippen molar-refractivity contribution in [3.8, 4) is 0 Å². The van der Waals surface area contributed by atoms with E-state index in [0.29, 0.717) is 11.1 Å². The molecule has 0 bridgehead atoms. The van der Waals surface area contributed by atoms with E-state index in [1.807, 2.05) is 0 Å². The van der Waals surface area contributed by atoms with E-state index in [0.717, 1.165) is 57.0 Å². The summed E-state index contributed by atoms with van der Waals surface area (Å²) in [6.45, 7) is 21.8. The average molecular weight is 597 g/mol. The number of unbranched alkanes of at least 4 members (excludes halogenated alkanes) is 3. The van der Waals surface area contributed by atoms with Gasteiger partial charge >= 0.3 is 0 Å². The minimum Gasteiger partial charge on any atom is -0.352 e. The van der Waals surface area contributed by atoms with Gasteiger partial charge in [-0.2, -0.15) is 0 Å². The molecule has 0 aromatic heterocycles. The number of quaternary nitrogens is 4. The van der Waals surface area contributed by atoms with Crippen molar-refractivity contribution in [2.24, 2.45) is 0 Å². The van der Waals surface area contributed by atoms with Gasteiger partial charge in [0.05, 0.1) is 109 Å². The van der Waals surface area contributed by atoms with E-state index >= 15 is 0 Å². The Morgan fingerprint density at radius 1 is 0.429 bits per heavy atom. The Hall–Kier alpha value is -1.74. The molecule has 0 fully saturated rings. The summed E-state index contributed by atoms with van der Waals surface area (Å²) in [7, 11) is 18.7. The number of hydrogen-bond donors (Lipinski definition) is 2. The van der Waals surface area contributed by atoms with Crippen molar-refractivity contribution in [3.05, 3.63) is 24.3 Å². The Labute approximate surface area is 261 Å². The molecule has 8 nitrogen and oxygen atoms in total. The number of amides is 2. The lowest BCUT2D eigenvalue weighted by Crippen LogP contribution is -2.46. The van der Waals surface area contributed by atoms with Crippen molar-refractivity contribution in [1.29, 1.82) is 0 Å². The highest BCUT2D eigenvalue weighted by atomic mass is 16.2. The largest absolute Gasteiger partial charge is 0.352 e. The smallest absolute Gasteiger partial charge is 0.246 e. The SMILES string of the molecule is C=C(C)C(=O)NCCC[N+](C)(C)CCC[N+](C)(C)CCCCCC[N+](C)(C)CCC[N+](C)(C)CCCNC(=O)C(=C)C. The van der Waals surface area contributed by atoms with Crippen LogP contribution in [0.3, 0.4) is 0 Å². The molecule has 0 aromatic carbocycles. The van der Waals surface area contributed by atoms with Crippen LogP contribution in [-0.4, -0.2) is 152 Å². The molecule has 42 heavy (non-hydrogen) atoms. The van der Waals surface area contributed by atoms with E-state index in [2.05, 4.69) is 80.2 Å². The molecule has 0 aliphatic carbocycles. The lowest BCUT2D eigenvalue weighted by Gasteiger charge is -2.34. The molecule has 0 unspecified atom stereocenters. The number of nitrogens with one attached hydrogen (secondary N) is 2. The summed E-state index contributed by atoms with van der Waals surface area (Å²) in [5, 5.41) is 5.89. The highest BCUT2D eigenvalue weighted by molar-refractivity contribution is 5.92. The Morgan fingerprint density at radius 3 is 0.929 bits per heavy atom. The second-order valence-electron chi connectivity index (χ2n) is 15.4. The molecule has 2 amide bonds. The molecule has 0 atom stereocenters. The van der Waals surface area contributed by atoms with Gasteiger partial charge in [-0.1, -0.05) is 13.2 Å². The second kappa shape index (κ2) is 19.5. The molecular formula is C34H72N6O2+4. The summed E-state index contributed by atoms with van der Waals surface area (Å²) in [4.78, 5) is 23.3. The fraction of sp³-hybridized carbons (Fsp3) is 0.824. The Morgan fingerprint density at radius 2 is 0.667 bits per heavy atom. The van der Waals surface area contributed by atoms with E-state index in [9.17, 15) is 9.59 Å². The first-order valence-corrected chi connectivity index (χ1v) is 16.4. The number of rotatable bonds is 25. The normalized spacial score (nSPS) is 12.7.